The summed E-state index contributed by atoms with van der Waals surface area (Å²) in [6, 6.07) is 8.03. The maximum atomic E-state index is 6.24. The Labute approximate surface area is 105 Å². The van der Waals surface area contributed by atoms with Gasteiger partial charge in [-0.2, -0.15) is 0 Å². The molecule has 0 aliphatic rings. The zero-order valence-corrected chi connectivity index (χ0v) is 12.6. The van der Waals surface area contributed by atoms with Crippen molar-refractivity contribution in [3.63, 3.8) is 0 Å². The standard InChI is InChI=1S/C13H21ClOSi/c1-13(2,3)16(4,5)15-12-9-7-6-8-11(12)10-14/h6-9H,10H2,1-5H3. The van der Waals surface area contributed by atoms with Crippen molar-refractivity contribution in [3.8, 4) is 5.75 Å². The van der Waals surface area contributed by atoms with Gasteiger partial charge in [-0.1, -0.05) is 39.0 Å². The molecule has 0 amide bonds. The van der Waals surface area contributed by atoms with E-state index in [4.69, 9.17) is 16.0 Å². The minimum atomic E-state index is -1.75. The number of hydrogen-bond donors (Lipinski definition) is 0. The maximum absolute atomic E-state index is 6.24. The van der Waals surface area contributed by atoms with Crippen LogP contribution in [0.3, 0.4) is 0 Å². The van der Waals surface area contributed by atoms with Gasteiger partial charge in [0.15, 0.2) is 0 Å². The van der Waals surface area contributed by atoms with Crippen LogP contribution in [0.2, 0.25) is 18.1 Å². The monoisotopic (exact) mass is 256 g/mol. The fraction of sp³-hybridized carbons (Fsp3) is 0.538. The molecule has 0 fully saturated rings. The van der Waals surface area contributed by atoms with E-state index in [9.17, 15) is 0 Å². The molecular formula is C13H21ClOSi. The number of benzene rings is 1. The van der Waals surface area contributed by atoms with Crippen molar-refractivity contribution in [2.24, 2.45) is 0 Å². The Balaban J connectivity index is 2.96. The second kappa shape index (κ2) is 4.80. The summed E-state index contributed by atoms with van der Waals surface area (Å²) in [6.07, 6.45) is 0. The summed E-state index contributed by atoms with van der Waals surface area (Å²) in [4.78, 5) is 0. The van der Waals surface area contributed by atoms with Gasteiger partial charge in [0.25, 0.3) is 0 Å². The molecule has 1 nitrogen and oxygen atoms in total. The van der Waals surface area contributed by atoms with Gasteiger partial charge >= 0.3 is 0 Å². The van der Waals surface area contributed by atoms with Crippen LogP contribution in [0.1, 0.15) is 26.3 Å². The SMILES string of the molecule is CC(C)(C)[Si](C)(C)Oc1ccccc1CCl. The molecule has 1 aromatic carbocycles. The normalized spacial score (nSPS) is 12.6. The van der Waals surface area contributed by atoms with E-state index < -0.39 is 8.32 Å². The molecule has 0 unspecified atom stereocenters. The number of rotatable bonds is 3. The topological polar surface area (TPSA) is 9.23 Å². The first-order chi connectivity index (χ1) is 7.28. The van der Waals surface area contributed by atoms with Gasteiger partial charge in [0.05, 0.1) is 5.88 Å². The molecule has 0 atom stereocenters. The molecule has 0 saturated carbocycles. The average Bonchev–Trinajstić information content (AvgIpc) is 2.16. The van der Waals surface area contributed by atoms with Crippen molar-refractivity contribution in [2.75, 3.05) is 0 Å². The van der Waals surface area contributed by atoms with Gasteiger partial charge in [0, 0.05) is 5.56 Å². The molecule has 1 rings (SSSR count). The Morgan fingerprint density at radius 1 is 1.19 bits per heavy atom. The number of halogens is 1. The summed E-state index contributed by atoms with van der Waals surface area (Å²) in [7, 11) is -1.75. The van der Waals surface area contributed by atoms with Crippen LogP contribution in [0.15, 0.2) is 24.3 Å². The van der Waals surface area contributed by atoms with Gasteiger partial charge in [0.2, 0.25) is 8.32 Å². The third-order valence-electron chi connectivity index (χ3n) is 3.29. The molecule has 0 spiro atoms. The fourth-order valence-electron chi connectivity index (χ4n) is 1.14. The highest BCUT2D eigenvalue weighted by Gasteiger charge is 2.39. The molecule has 1 aromatic rings. The van der Waals surface area contributed by atoms with Gasteiger partial charge in [0.1, 0.15) is 5.75 Å². The molecule has 0 aromatic heterocycles. The third kappa shape index (κ3) is 3.02. The predicted octanol–water partition coefficient (Wildman–Crippen LogP) is 4.81. The van der Waals surface area contributed by atoms with Crippen LogP contribution in [-0.4, -0.2) is 8.32 Å². The summed E-state index contributed by atoms with van der Waals surface area (Å²) >= 11 is 5.91. The minimum Gasteiger partial charge on any atom is -0.543 e. The van der Waals surface area contributed by atoms with Crippen LogP contribution in [0, 0.1) is 0 Å². The lowest BCUT2D eigenvalue weighted by Crippen LogP contribution is -2.44. The van der Waals surface area contributed by atoms with Crippen molar-refractivity contribution >= 4 is 19.9 Å². The van der Waals surface area contributed by atoms with Crippen molar-refractivity contribution in [2.45, 2.75) is 44.8 Å². The average molecular weight is 257 g/mol. The Hall–Kier alpha value is -0.473. The first-order valence-electron chi connectivity index (χ1n) is 5.61. The van der Waals surface area contributed by atoms with Gasteiger partial charge < -0.3 is 4.43 Å². The smallest absolute Gasteiger partial charge is 0.250 e. The summed E-state index contributed by atoms with van der Waals surface area (Å²) in [5.74, 6) is 1.45. The predicted molar refractivity (Wildman–Crippen MR) is 73.8 cm³/mol. The van der Waals surface area contributed by atoms with Crippen LogP contribution < -0.4 is 4.43 Å². The molecule has 90 valence electrons. The van der Waals surface area contributed by atoms with E-state index in [2.05, 4.69) is 33.9 Å². The van der Waals surface area contributed by atoms with Gasteiger partial charge in [-0.3, -0.25) is 0 Å². The second-order valence-corrected chi connectivity index (χ2v) is 10.6. The molecule has 0 aliphatic carbocycles. The number of alkyl halides is 1. The zero-order chi connectivity index (χ0) is 12.4. The van der Waals surface area contributed by atoms with E-state index in [1.165, 1.54) is 0 Å². The highest BCUT2D eigenvalue weighted by molar-refractivity contribution is 6.74. The van der Waals surface area contributed by atoms with Crippen molar-refractivity contribution in [3.05, 3.63) is 29.8 Å². The molecule has 0 heterocycles. The Bertz CT molecular complexity index is 355. The quantitative estimate of drug-likeness (QED) is 0.557. The molecule has 0 saturated heterocycles. The minimum absolute atomic E-state index is 0.215. The van der Waals surface area contributed by atoms with E-state index in [0.29, 0.717) is 5.88 Å². The lowest BCUT2D eigenvalue weighted by Gasteiger charge is -2.37. The van der Waals surface area contributed by atoms with Gasteiger partial charge in [-0.05, 0) is 24.2 Å². The summed E-state index contributed by atoms with van der Waals surface area (Å²) in [6.45, 7) is 11.2. The number of hydrogen-bond acceptors (Lipinski definition) is 1. The number of para-hydroxylation sites is 1. The first kappa shape index (κ1) is 13.6. The summed E-state index contributed by atoms with van der Waals surface area (Å²) in [5.41, 5.74) is 1.08. The molecule has 16 heavy (non-hydrogen) atoms. The van der Waals surface area contributed by atoms with Gasteiger partial charge in [-0.25, -0.2) is 0 Å². The van der Waals surface area contributed by atoms with E-state index in [1.54, 1.807) is 0 Å². The van der Waals surface area contributed by atoms with Gasteiger partial charge in [-0.15, -0.1) is 11.6 Å². The van der Waals surface area contributed by atoms with E-state index in [1.807, 2.05) is 24.3 Å². The van der Waals surface area contributed by atoms with E-state index in [-0.39, 0.29) is 5.04 Å². The maximum Gasteiger partial charge on any atom is 0.250 e. The van der Waals surface area contributed by atoms with Crippen LogP contribution in [0.25, 0.3) is 0 Å². The summed E-state index contributed by atoms with van der Waals surface area (Å²) < 4.78 is 6.24. The third-order valence-corrected chi connectivity index (χ3v) is 7.92. The van der Waals surface area contributed by atoms with Crippen molar-refractivity contribution in [1.82, 2.24) is 0 Å². The Kier molecular flexibility index (Phi) is 4.08. The molecule has 0 aliphatic heterocycles. The lowest BCUT2D eigenvalue weighted by atomic mass is 10.2. The van der Waals surface area contributed by atoms with Crippen molar-refractivity contribution in [1.29, 1.82) is 0 Å². The van der Waals surface area contributed by atoms with Crippen LogP contribution in [-0.2, 0) is 5.88 Å². The zero-order valence-electron chi connectivity index (χ0n) is 10.8. The first-order valence-corrected chi connectivity index (χ1v) is 9.05. The highest BCUT2D eigenvalue weighted by atomic mass is 35.5. The fourth-order valence-corrected chi connectivity index (χ4v) is 2.42. The largest absolute Gasteiger partial charge is 0.543 e. The van der Waals surface area contributed by atoms with E-state index in [0.717, 1.165) is 11.3 Å². The Morgan fingerprint density at radius 2 is 1.75 bits per heavy atom. The Morgan fingerprint density at radius 3 is 2.25 bits per heavy atom. The summed E-state index contributed by atoms with van der Waals surface area (Å²) in [5, 5.41) is 0.215. The molecule has 0 bridgehead atoms. The van der Waals surface area contributed by atoms with Crippen LogP contribution in [0.5, 0.6) is 5.75 Å². The molecular weight excluding hydrogens is 236 g/mol. The van der Waals surface area contributed by atoms with E-state index >= 15 is 0 Å². The molecule has 0 N–H and O–H groups in total. The lowest BCUT2D eigenvalue weighted by molar-refractivity contribution is 0.489. The second-order valence-electron chi connectivity index (χ2n) is 5.60. The van der Waals surface area contributed by atoms with Crippen LogP contribution in [0.4, 0.5) is 0 Å². The highest BCUT2D eigenvalue weighted by Crippen LogP contribution is 2.38. The molecule has 0 radical (unpaired) electrons. The molecule has 3 heteroatoms. The van der Waals surface area contributed by atoms with Crippen molar-refractivity contribution < 1.29 is 4.43 Å². The van der Waals surface area contributed by atoms with Crippen LogP contribution >= 0.6 is 11.6 Å².